The number of hydrogen-bond acceptors (Lipinski definition) is 2. The van der Waals surface area contributed by atoms with Gasteiger partial charge in [0, 0.05) is 0 Å². The van der Waals surface area contributed by atoms with E-state index < -0.39 is 11.6 Å². The molecule has 0 unspecified atom stereocenters. The summed E-state index contributed by atoms with van der Waals surface area (Å²) in [6.07, 6.45) is 0. The van der Waals surface area contributed by atoms with E-state index in [-0.39, 0.29) is 5.91 Å². The first-order valence-electron chi connectivity index (χ1n) is 2.61. The van der Waals surface area contributed by atoms with Crippen LogP contribution >= 0.6 is 0 Å². The highest BCUT2D eigenvalue weighted by atomic mass is 16.2. The highest BCUT2D eigenvalue weighted by Gasteiger charge is 2.39. The number of urea groups is 1. The standard InChI is InChI=1S/C5H7N2O2/c1-5(2)3(8)6-4(9)7-5/h1-2H3,(H,6,8,9). The molecule has 4 heteroatoms. The van der Waals surface area contributed by atoms with Crippen molar-refractivity contribution in [1.82, 2.24) is 10.6 Å². The SMILES string of the molecule is CC1(C)[N]C(=O)NC1=O. The van der Waals surface area contributed by atoms with Crippen LogP contribution in [0.4, 0.5) is 4.79 Å². The van der Waals surface area contributed by atoms with Crippen molar-refractivity contribution < 1.29 is 9.59 Å². The number of carbonyl (C=O) groups is 2. The molecule has 3 amide bonds. The molecular formula is C5H7N2O2. The molecule has 0 bridgehead atoms. The summed E-state index contributed by atoms with van der Waals surface area (Å²) in [7, 11) is 0. The minimum atomic E-state index is -0.850. The summed E-state index contributed by atoms with van der Waals surface area (Å²) in [5.74, 6) is -0.326. The van der Waals surface area contributed by atoms with Gasteiger partial charge in [-0.25, -0.2) is 10.1 Å². The van der Waals surface area contributed by atoms with Crippen molar-refractivity contribution in [3.05, 3.63) is 0 Å². The Bertz CT molecular complexity index is 174. The van der Waals surface area contributed by atoms with E-state index in [1.807, 2.05) is 0 Å². The Hall–Kier alpha value is -1.06. The molecule has 1 heterocycles. The van der Waals surface area contributed by atoms with Gasteiger partial charge >= 0.3 is 6.03 Å². The monoisotopic (exact) mass is 127 g/mol. The minimum Gasteiger partial charge on any atom is -0.274 e. The Kier molecular flexibility index (Phi) is 0.986. The van der Waals surface area contributed by atoms with Gasteiger partial charge in [0.1, 0.15) is 5.54 Å². The molecule has 0 aliphatic carbocycles. The van der Waals surface area contributed by atoms with Crippen LogP contribution in [0.15, 0.2) is 0 Å². The smallest absolute Gasteiger partial charge is 0.274 e. The highest BCUT2D eigenvalue weighted by Crippen LogP contribution is 2.08. The molecule has 1 rings (SSSR count). The van der Waals surface area contributed by atoms with Crippen molar-refractivity contribution in [3.63, 3.8) is 0 Å². The maximum atomic E-state index is 10.7. The molecule has 0 saturated carbocycles. The molecular weight excluding hydrogens is 120 g/mol. The minimum absolute atomic E-state index is 0.326. The van der Waals surface area contributed by atoms with Gasteiger partial charge < -0.3 is 0 Å². The predicted octanol–water partition coefficient (Wildman–Crippen LogP) is -0.381. The second-order valence-electron chi connectivity index (χ2n) is 2.43. The Morgan fingerprint density at radius 1 is 1.44 bits per heavy atom. The quantitative estimate of drug-likeness (QED) is 0.451. The first kappa shape index (κ1) is 6.07. The van der Waals surface area contributed by atoms with Crippen molar-refractivity contribution in [2.45, 2.75) is 19.4 Å². The van der Waals surface area contributed by atoms with E-state index in [4.69, 9.17) is 0 Å². The largest absolute Gasteiger partial charge is 0.344 e. The van der Waals surface area contributed by atoms with Crippen LogP contribution in [-0.2, 0) is 4.79 Å². The van der Waals surface area contributed by atoms with Gasteiger partial charge in [-0.15, -0.1) is 0 Å². The first-order valence-corrected chi connectivity index (χ1v) is 2.61. The number of imide groups is 1. The second-order valence-corrected chi connectivity index (χ2v) is 2.43. The second kappa shape index (κ2) is 1.46. The third kappa shape index (κ3) is 0.872. The van der Waals surface area contributed by atoms with Crippen molar-refractivity contribution in [2.75, 3.05) is 0 Å². The van der Waals surface area contributed by atoms with Crippen LogP contribution in [0.3, 0.4) is 0 Å². The van der Waals surface area contributed by atoms with Crippen molar-refractivity contribution in [3.8, 4) is 0 Å². The lowest BCUT2D eigenvalue weighted by Crippen LogP contribution is -2.35. The summed E-state index contributed by atoms with van der Waals surface area (Å²) < 4.78 is 0. The van der Waals surface area contributed by atoms with E-state index in [0.717, 1.165) is 0 Å². The lowest BCUT2D eigenvalue weighted by Gasteiger charge is -2.07. The lowest BCUT2D eigenvalue weighted by atomic mass is 10.1. The Labute approximate surface area is 52.6 Å². The van der Waals surface area contributed by atoms with Gasteiger partial charge in [0.05, 0.1) is 0 Å². The van der Waals surface area contributed by atoms with Gasteiger partial charge in [-0.1, -0.05) is 0 Å². The van der Waals surface area contributed by atoms with Crippen molar-refractivity contribution >= 4 is 11.9 Å². The average Bonchev–Trinajstić information content (AvgIpc) is 1.79. The van der Waals surface area contributed by atoms with E-state index in [0.29, 0.717) is 0 Å². The summed E-state index contributed by atoms with van der Waals surface area (Å²) in [5, 5.41) is 5.56. The zero-order valence-corrected chi connectivity index (χ0v) is 5.26. The maximum absolute atomic E-state index is 10.7. The first-order chi connectivity index (χ1) is 4.02. The van der Waals surface area contributed by atoms with Crippen molar-refractivity contribution in [2.24, 2.45) is 0 Å². The molecule has 0 atom stereocenters. The third-order valence-electron chi connectivity index (χ3n) is 1.16. The van der Waals surface area contributed by atoms with Crippen LogP contribution in [0.1, 0.15) is 13.8 Å². The number of hydrogen-bond donors (Lipinski definition) is 1. The lowest BCUT2D eigenvalue weighted by molar-refractivity contribution is -0.122. The molecule has 4 nitrogen and oxygen atoms in total. The zero-order valence-electron chi connectivity index (χ0n) is 5.26. The van der Waals surface area contributed by atoms with Crippen LogP contribution in [-0.4, -0.2) is 17.5 Å². The summed E-state index contributed by atoms with van der Waals surface area (Å²) >= 11 is 0. The fourth-order valence-corrected chi connectivity index (χ4v) is 0.583. The number of rotatable bonds is 0. The topological polar surface area (TPSA) is 60.3 Å². The molecule has 9 heavy (non-hydrogen) atoms. The molecule has 1 aliphatic rings. The van der Waals surface area contributed by atoms with Crippen LogP contribution in [0, 0.1) is 0 Å². The molecule has 0 aromatic carbocycles. The predicted molar refractivity (Wildman–Crippen MR) is 29.8 cm³/mol. The van der Waals surface area contributed by atoms with Gasteiger partial charge in [0.15, 0.2) is 0 Å². The normalized spacial score (nSPS) is 23.3. The molecule has 1 saturated heterocycles. The number of amides is 3. The van der Waals surface area contributed by atoms with Crippen LogP contribution in [0.25, 0.3) is 0 Å². The van der Waals surface area contributed by atoms with Gasteiger partial charge in [0.25, 0.3) is 5.91 Å². The summed E-state index contributed by atoms with van der Waals surface area (Å²) in [6, 6.07) is -0.537. The average molecular weight is 127 g/mol. The molecule has 1 aliphatic heterocycles. The summed E-state index contributed by atoms with van der Waals surface area (Å²) in [5.41, 5.74) is -0.850. The van der Waals surface area contributed by atoms with Crippen LogP contribution < -0.4 is 10.6 Å². The number of carbonyl (C=O) groups excluding carboxylic acids is 2. The van der Waals surface area contributed by atoms with E-state index >= 15 is 0 Å². The van der Waals surface area contributed by atoms with Gasteiger partial charge in [-0.2, -0.15) is 0 Å². The molecule has 0 aromatic rings. The third-order valence-corrected chi connectivity index (χ3v) is 1.16. The molecule has 49 valence electrons. The fourth-order valence-electron chi connectivity index (χ4n) is 0.583. The van der Waals surface area contributed by atoms with Crippen LogP contribution in [0.5, 0.6) is 0 Å². The van der Waals surface area contributed by atoms with Crippen molar-refractivity contribution in [1.29, 1.82) is 0 Å². The Morgan fingerprint density at radius 2 is 2.00 bits per heavy atom. The summed E-state index contributed by atoms with van der Waals surface area (Å²) in [6.45, 7) is 3.18. The van der Waals surface area contributed by atoms with Crippen LogP contribution in [0.2, 0.25) is 0 Å². The Morgan fingerprint density at radius 3 is 2.11 bits per heavy atom. The molecule has 0 spiro atoms. The zero-order chi connectivity index (χ0) is 7.07. The van der Waals surface area contributed by atoms with Gasteiger partial charge in [0.2, 0.25) is 0 Å². The molecule has 1 N–H and O–H groups in total. The van der Waals surface area contributed by atoms with E-state index in [2.05, 4.69) is 10.6 Å². The van der Waals surface area contributed by atoms with E-state index in [9.17, 15) is 9.59 Å². The maximum Gasteiger partial charge on any atom is 0.344 e. The summed E-state index contributed by atoms with van der Waals surface area (Å²) in [4.78, 5) is 21.1. The number of nitrogens with zero attached hydrogens (tertiary/aromatic N) is 1. The van der Waals surface area contributed by atoms with Gasteiger partial charge in [-0.3, -0.25) is 10.1 Å². The van der Waals surface area contributed by atoms with Gasteiger partial charge in [-0.05, 0) is 13.8 Å². The van der Waals surface area contributed by atoms with E-state index in [1.165, 1.54) is 0 Å². The molecule has 1 radical (unpaired) electrons. The highest BCUT2D eigenvalue weighted by molar-refractivity contribution is 6.06. The number of nitrogens with one attached hydrogen (secondary N) is 1. The molecule has 0 aromatic heterocycles. The fraction of sp³-hybridized carbons (Fsp3) is 0.600. The van der Waals surface area contributed by atoms with E-state index in [1.54, 1.807) is 13.8 Å². The Balaban J connectivity index is 2.81. The molecule has 1 fully saturated rings.